The smallest absolute Gasteiger partial charge is 0.166 e. The topological polar surface area (TPSA) is 56.7 Å². The lowest BCUT2D eigenvalue weighted by Crippen LogP contribution is -2.05. The molecule has 65 heavy (non-hydrogen) atoms. The summed E-state index contributed by atoms with van der Waals surface area (Å²) in [7, 11) is 0. The molecule has 14 rings (SSSR count). The monoisotopic (exact) mass is 846 g/mol. The maximum absolute atomic E-state index is 6.95. The van der Waals surface area contributed by atoms with Gasteiger partial charge in [-0.3, -0.25) is 0 Å². The van der Waals surface area contributed by atoms with Crippen molar-refractivity contribution in [3.05, 3.63) is 206 Å². The molecule has 0 aliphatic rings. The number of fused-ring (bicyclic) bond motifs is 12. The van der Waals surface area contributed by atoms with Crippen LogP contribution in [0.4, 0.5) is 0 Å². The second-order valence-electron chi connectivity index (χ2n) is 16.7. The number of aromatic nitrogens is 4. The van der Waals surface area contributed by atoms with Crippen molar-refractivity contribution in [3.8, 4) is 51.0 Å². The van der Waals surface area contributed by atoms with Crippen LogP contribution in [0, 0.1) is 0 Å². The molecule has 302 valence electrons. The minimum absolute atomic E-state index is 0.580. The molecule has 0 radical (unpaired) electrons. The molecule has 0 amide bonds. The van der Waals surface area contributed by atoms with E-state index in [4.69, 9.17) is 19.4 Å². The highest BCUT2D eigenvalue weighted by Crippen LogP contribution is 2.48. The van der Waals surface area contributed by atoms with Crippen molar-refractivity contribution >= 4 is 96.8 Å². The average Bonchev–Trinajstić information content (AvgIpc) is 4.05. The van der Waals surface area contributed by atoms with Gasteiger partial charge in [-0.2, -0.15) is 0 Å². The molecular weight excluding hydrogens is 813 g/mol. The quantitative estimate of drug-likeness (QED) is 0.173. The van der Waals surface area contributed by atoms with Crippen LogP contribution in [-0.2, 0) is 0 Å². The number of thiophene rings is 1. The molecule has 10 aromatic carbocycles. The Morgan fingerprint density at radius 1 is 0.385 bits per heavy atom. The van der Waals surface area contributed by atoms with Gasteiger partial charge in [0.1, 0.15) is 11.2 Å². The lowest BCUT2D eigenvalue weighted by Gasteiger charge is -2.19. The molecule has 0 unspecified atom stereocenters. The van der Waals surface area contributed by atoms with Crippen molar-refractivity contribution in [3.63, 3.8) is 0 Å². The van der Waals surface area contributed by atoms with Gasteiger partial charge in [0.25, 0.3) is 0 Å². The Labute approximate surface area is 376 Å². The van der Waals surface area contributed by atoms with Gasteiger partial charge in [0.05, 0.1) is 27.7 Å². The molecule has 0 fully saturated rings. The fourth-order valence-electron chi connectivity index (χ4n) is 10.1. The Hall–Kier alpha value is -8.45. The highest BCUT2D eigenvalue weighted by molar-refractivity contribution is 7.25. The number of benzene rings is 10. The molecule has 0 aliphatic heterocycles. The summed E-state index contributed by atoms with van der Waals surface area (Å²) in [6.07, 6.45) is 0. The lowest BCUT2D eigenvalue weighted by molar-refractivity contribution is 0.672. The third kappa shape index (κ3) is 5.48. The first-order valence-electron chi connectivity index (χ1n) is 21.8. The Kier molecular flexibility index (Phi) is 7.79. The van der Waals surface area contributed by atoms with Gasteiger partial charge in [0.2, 0.25) is 0 Å². The van der Waals surface area contributed by atoms with E-state index in [1.807, 2.05) is 12.1 Å². The number of furan rings is 1. The fraction of sp³-hybridized carbons (Fsp3) is 0. The molecule has 14 aromatic rings. The number of nitrogens with zero attached hydrogens (tertiary/aromatic N) is 4. The van der Waals surface area contributed by atoms with Crippen molar-refractivity contribution in [2.75, 3.05) is 0 Å². The van der Waals surface area contributed by atoms with Crippen LogP contribution in [0.2, 0.25) is 0 Å². The van der Waals surface area contributed by atoms with E-state index < -0.39 is 0 Å². The Morgan fingerprint density at radius 2 is 1.02 bits per heavy atom. The SMILES string of the molecule is c1ccc(-c2cccc(-c3nc(-c4c(-n5c6ccccc6c6cc7ccccc7cc65)c5c6ccccc6oc5c5ccccc45)nc(-c4cccc5sc6ccccc6c45)n3)c2)cc1. The molecule has 5 nitrogen and oxygen atoms in total. The van der Waals surface area contributed by atoms with Crippen molar-refractivity contribution in [2.45, 2.75) is 0 Å². The zero-order chi connectivity index (χ0) is 42.6. The molecule has 6 heteroatoms. The minimum Gasteiger partial charge on any atom is -0.455 e. The van der Waals surface area contributed by atoms with Gasteiger partial charge < -0.3 is 8.98 Å². The second-order valence-corrected chi connectivity index (χ2v) is 17.8. The zero-order valence-electron chi connectivity index (χ0n) is 34.7. The van der Waals surface area contributed by atoms with Crippen LogP contribution < -0.4 is 0 Å². The highest BCUT2D eigenvalue weighted by atomic mass is 32.1. The molecule has 0 aliphatic carbocycles. The predicted molar refractivity (Wildman–Crippen MR) is 271 cm³/mol. The summed E-state index contributed by atoms with van der Waals surface area (Å²) in [6, 6.07) is 73.1. The number of para-hydroxylation sites is 2. The third-order valence-electron chi connectivity index (χ3n) is 13.0. The Balaban J connectivity index is 1.17. The van der Waals surface area contributed by atoms with Crippen LogP contribution in [0.15, 0.2) is 211 Å². The highest BCUT2D eigenvalue weighted by Gasteiger charge is 2.28. The first-order valence-corrected chi connectivity index (χ1v) is 22.7. The van der Waals surface area contributed by atoms with Gasteiger partial charge in [0.15, 0.2) is 17.5 Å². The van der Waals surface area contributed by atoms with E-state index in [0.717, 1.165) is 82.6 Å². The van der Waals surface area contributed by atoms with Crippen LogP contribution in [0.3, 0.4) is 0 Å². The molecule has 0 N–H and O–H groups in total. The van der Waals surface area contributed by atoms with Gasteiger partial charge in [-0.15, -0.1) is 11.3 Å². The first-order chi connectivity index (χ1) is 32.2. The average molecular weight is 847 g/mol. The van der Waals surface area contributed by atoms with Gasteiger partial charge in [-0.05, 0) is 69.8 Å². The maximum atomic E-state index is 6.95. The molecule has 0 saturated heterocycles. The van der Waals surface area contributed by atoms with E-state index in [9.17, 15) is 0 Å². The zero-order valence-corrected chi connectivity index (χ0v) is 35.6. The van der Waals surface area contributed by atoms with Crippen molar-refractivity contribution < 1.29 is 4.42 Å². The van der Waals surface area contributed by atoms with Gasteiger partial charge >= 0.3 is 0 Å². The van der Waals surface area contributed by atoms with Gasteiger partial charge in [-0.25, -0.2) is 15.0 Å². The number of hydrogen-bond donors (Lipinski definition) is 0. The summed E-state index contributed by atoms with van der Waals surface area (Å²) < 4.78 is 11.8. The summed E-state index contributed by atoms with van der Waals surface area (Å²) in [6.45, 7) is 0. The van der Waals surface area contributed by atoms with Crippen LogP contribution in [0.1, 0.15) is 0 Å². The largest absolute Gasteiger partial charge is 0.455 e. The number of rotatable bonds is 5. The van der Waals surface area contributed by atoms with Crippen LogP contribution in [-0.4, -0.2) is 19.5 Å². The minimum atomic E-state index is 0.580. The molecule has 4 heterocycles. The van der Waals surface area contributed by atoms with Crippen LogP contribution in [0.5, 0.6) is 0 Å². The summed E-state index contributed by atoms with van der Waals surface area (Å²) in [4.78, 5) is 16.7. The fourth-order valence-corrected chi connectivity index (χ4v) is 11.3. The van der Waals surface area contributed by atoms with E-state index in [2.05, 4.69) is 199 Å². The third-order valence-corrected chi connectivity index (χ3v) is 14.1. The summed E-state index contributed by atoms with van der Waals surface area (Å²) in [5, 5.41) is 11.0. The normalized spacial score (nSPS) is 12.0. The predicted octanol–water partition coefficient (Wildman–Crippen LogP) is 16.2. The van der Waals surface area contributed by atoms with Crippen molar-refractivity contribution in [1.82, 2.24) is 19.5 Å². The Morgan fingerprint density at radius 3 is 1.89 bits per heavy atom. The van der Waals surface area contributed by atoms with E-state index in [-0.39, 0.29) is 0 Å². The summed E-state index contributed by atoms with van der Waals surface area (Å²) >= 11 is 1.80. The van der Waals surface area contributed by atoms with Crippen molar-refractivity contribution in [1.29, 1.82) is 0 Å². The van der Waals surface area contributed by atoms with E-state index >= 15 is 0 Å². The molecule has 0 spiro atoms. The molecule has 0 bridgehead atoms. The van der Waals surface area contributed by atoms with Crippen molar-refractivity contribution in [2.24, 2.45) is 0 Å². The van der Waals surface area contributed by atoms with Crippen LogP contribution >= 0.6 is 11.3 Å². The van der Waals surface area contributed by atoms with Gasteiger partial charge in [-0.1, -0.05) is 164 Å². The molecule has 0 atom stereocenters. The van der Waals surface area contributed by atoms with Gasteiger partial charge in [0, 0.05) is 52.8 Å². The second kappa shape index (κ2) is 14.0. The summed E-state index contributed by atoms with van der Waals surface area (Å²) in [5.41, 5.74) is 9.78. The number of hydrogen-bond acceptors (Lipinski definition) is 5. The maximum Gasteiger partial charge on any atom is 0.166 e. The van der Waals surface area contributed by atoms with Crippen LogP contribution in [0.25, 0.3) is 136 Å². The molecular formula is C59H34N4OS. The lowest BCUT2D eigenvalue weighted by atomic mass is 9.96. The molecule has 0 saturated carbocycles. The van der Waals surface area contributed by atoms with E-state index in [1.165, 1.54) is 36.3 Å². The van der Waals surface area contributed by atoms with E-state index in [0.29, 0.717) is 17.5 Å². The summed E-state index contributed by atoms with van der Waals surface area (Å²) in [5.74, 6) is 1.79. The van der Waals surface area contributed by atoms with E-state index in [1.54, 1.807) is 11.3 Å². The standard InChI is InChI=1S/C59H34N4OS/c1-2-16-35(17-3-1)36-20-14-21-39(32-36)57-60-58(45-27-15-31-51-52(45)44-26-10-13-30-50(44)65-51)62-59(61-57)54-41-23-6-7-24-42(41)56-53(43-25-9-12-29-49(43)64-56)55(54)63-47-28-11-8-22-40(47)46-33-37-18-4-5-19-38(37)34-48(46)63/h1-34H. The Bertz CT molecular complexity index is 4260. The molecule has 4 aromatic heterocycles. The first kappa shape index (κ1) is 36.1.